The molecule has 0 aliphatic rings. The normalized spacial score (nSPS) is 11.4. The van der Waals surface area contributed by atoms with E-state index in [1.165, 1.54) is 0 Å². The number of para-hydroxylation sites is 1. The number of aryl methyl sites for hydroxylation is 2. The molecule has 0 unspecified atom stereocenters. The summed E-state index contributed by atoms with van der Waals surface area (Å²) in [6, 6.07) is 21.0. The van der Waals surface area contributed by atoms with Gasteiger partial charge >= 0.3 is 0 Å². The molecule has 28 heavy (non-hydrogen) atoms. The maximum absolute atomic E-state index is 13.3. The monoisotopic (exact) mass is 386 g/mol. The van der Waals surface area contributed by atoms with Crippen LogP contribution in [0.3, 0.4) is 0 Å². The summed E-state index contributed by atoms with van der Waals surface area (Å²) < 4.78 is 1.67. The molecule has 0 aliphatic carbocycles. The van der Waals surface area contributed by atoms with Crippen molar-refractivity contribution in [1.82, 2.24) is 9.55 Å². The van der Waals surface area contributed by atoms with E-state index in [-0.39, 0.29) is 5.56 Å². The largest absolute Gasteiger partial charge is 0.268 e. The Balaban J connectivity index is 1.99. The predicted octanol–water partition coefficient (Wildman–Crippen LogP) is 5.83. The van der Waals surface area contributed by atoms with Crippen LogP contribution in [0.5, 0.6) is 0 Å². The topological polar surface area (TPSA) is 34.9 Å². The SMILES string of the molecule is Cc1ccc(-n2c(/C=C/c3ccccc3Cl)nc3ccccc3c2=O)c(C)c1. The summed E-state index contributed by atoms with van der Waals surface area (Å²) in [4.78, 5) is 18.1. The fraction of sp³-hybridized carbons (Fsp3) is 0.0833. The lowest BCUT2D eigenvalue weighted by Gasteiger charge is -2.14. The summed E-state index contributed by atoms with van der Waals surface area (Å²) in [5.41, 5.74) is 4.46. The van der Waals surface area contributed by atoms with Crippen molar-refractivity contribution < 1.29 is 0 Å². The molecule has 0 saturated heterocycles. The third kappa shape index (κ3) is 3.37. The van der Waals surface area contributed by atoms with E-state index >= 15 is 0 Å². The van der Waals surface area contributed by atoms with Crippen LogP contribution >= 0.6 is 11.6 Å². The summed E-state index contributed by atoms with van der Waals surface area (Å²) in [7, 11) is 0. The summed E-state index contributed by atoms with van der Waals surface area (Å²) >= 11 is 6.28. The Morgan fingerprint density at radius 2 is 1.68 bits per heavy atom. The van der Waals surface area contributed by atoms with Crippen molar-refractivity contribution in [2.75, 3.05) is 0 Å². The maximum Gasteiger partial charge on any atom is 0.266 e. The highest BCUT2D eigenvalue weighted by molar-refractivity contribution is 6.32. The molecular weight excluding hydrogens is 368 g/mol. The number of benzene rings is 3. The van der Waals surface area contributed by atoms with Crippen molar-refractivity contribution >= 4 is 34.7 Å². The van der Waals surface area contributed by atoms with Crippen LogP contribution in [-0.2, 0) is 0 Å². The molecule has 3 aromatic carbocycles. The molecule has 0 N–H and O–H groups in total. The van der Waals surface area contributed by atoms with Crippen molar-refractivity contribution in [3.05, 3.63) is 105 Å². The van der Waals surface area contributed by atoms with Crippen LogP contribution in [0.25, 0.3) is 28.7 Å². The highest BCUT2D eigenvalue weighted by Gasteiger charge is 2.13. The van der Waals surface area contributed by atoms with Gasteiger partial charge in [0.15, 0.2) is 0 Å². The zero-order chi connectivity index (χ0) is 19.7. The Morgan fingerprint density at radius 1 is 0.929 bits per heavy atom. The van der Waals surface area contributed by atoms with Gasteiger partial charge in [0.25, 0.3) is 5.56 Å². The van der Waals surface area contributed by atoms with Crippen LogP contribution in [0, 0.1) is 13.8 Å². The summed E-state index contributed by atoms with van der Waals surface area (Å²) in [6.45, 7) is 4.04. The van der Waals surface area contributed by atoms with E-state index in [9.17, 15) is 4.79 Å². The van der Waals surface area contributed by atoms with Gasteiger partial charge in [-0.2, -0.15) is 0 Å². The predicted molar refractivity (Wildman–Crippen MR) is 117 cm³/mol. The van der Waals surface area contributed by atoms with Crippen LogP contribution in [0.4, 0.5) is 0 Å². The van der Waals surface area contributed by atoms with Crippen molar-refractivity contribution in [3.63, 3.8) is 0 Å². The average molecular weight is 387 g/mol. The quantitative estimate of drug-likeness (QED) is 0.444. The molecule has 4 aromatic rings. The fourth-order valence-corrected chi connectivity index (χ4v) is 3.52. The molecule has 0 bridgehead atoms. The molecule has 4 heteroatoms. The second-order valence-corrected chi connectivity index (χ2v) is 7.18. The second-order valence-electron chi connectivity index (χ2n) is 6.77. The molecule has 0 spiro atoms. The number of hydrogen-bond acceptors (Lipinski definition) is 2. The number of hydrogen-bond donors (Lipinski definition) is 0. The maximum atomic E-state index is 13.3. The molecule has 0 amide bonds. The van der Waals surface area contributed by atoms with E-state index < -0.39 is 0 Å². The van der Waals surface area contributed by atoms with Gasteiger partial charge in [0, 0.05) is 5.02 Å². The van der Waals surface area contributed by atoms with Crippen LogP contribution in [0.2, 0.25) is 5.02 Å². The third-order valence-corrected chi connectivity index (χ3v) is 5.06. The molecule has 1 aromatic heterocycles. The van der Waals surface area contributed by atoms with Gasteiger partial charge in [-0.1, -0.05) is 59.6 Å². The van der Waals surface area contributed by atoms with Gasteiger partial charge in [0.05, 0.1) is 16.6 Å². The molecule has 3 nitrogen and oxygen atoms in total. The minimum Gasteiger partial charge on any atom is -0.268 e. The molecule has 0 atom stereocenters. The van der Waals surface area contributed by atoms with E-state index in [0.717, 1.165) is 22.4 Å². The first kappa shape index (κ1) is 18.2. The number of rotatable bonds is 3. The van der Waals surface area contributed by atoms with E-state index in [1.54, 1.807) is 4.57 Å². The van der Waals surface area contributed by atoms with Gasteiger partial charge in [0.2, 0.25) is 0 Å². The Morgan fingerprint density at radius 3 is 2.46 bits per heavy atom. The highest BCUT2D eigenvalue weighted by atomic mass is 35.5. The van der Waals surface area contributed by atoms with Crippen LogP contribution in [0.15, 0.2) is 71.5 Å². The van der Waals surface area contributed by atoms with Crippen LogP contribution < -0.4 is 5.56 Å². The zero-order valence-electron chi connectivity index (χ0n) is 15.7. The molecule has 0 saturated carbocycles. The van der Waals surface area contributed by atoms with Crippen molar-refractivity contribution in [3.8, 4) is 5.69 Å². The Labute approximate surface area is 168 Å². The molecule has 138 valence electrons. The lowest BCUT2D eigenvalue weighted by Crippen LogP contribution is -2.23. The van der Waals surface area contributed by atoms with Gasteiger partial charge in [-0.25, -0.2) is 4.98 Å². The molecule has 0 aliphatic heterocycles. The van der Waals surface area contributed by atoms with Crippen LogP contribution in [0.1, 0.15) is 22.5 Å². The first-order chi connectivity index (χ1) is 13.5. The molecule has 4 rings (SSSR count). The highest BCUT2D eigenvalue weighted by Crippen LogP contribution is 2.21. The van der Waals surface area contributed by atoms with E-state index in [4.69, 9.17) is 16.6 Å². The third-order valence-electron chi connectivity index (χ3n) is 4.71. The van der Waals surface area contributed by atoms with E-state index in [1.807, 2.05) is 86.7 Å². The lowest BCUT2D eigenvalue weighted by atomic mass is 10.1. The summed E-state index contributed by atoms with van der Waals surface area (Å²) in [6.07, 6.45) is 3.73. The van der Waals surface area contributed by atoms with Gasteiger partial charge in [-0.05, 0) is 61.4 Å². The lowest BCUT2D eigenvalue weighted by molar-refractivity contribution is 0.933. The summed E-state index contributed by atoms with van der Waals surface area (Å²) in [5, 5.41) is 1.25. The zero-order valence-corrected chi connectivity index (χ0v) is 16.4. The van der Waals surface area contributed by atoms with Crippen molar-refractivity contribution in [2.24, 2.45) is 0 Å². The van der Waals surface area contributed by atoms with Crippen molar-refractivity contribution in [2.45, 2.75) is 13.8 Å². The van der Waals surface area contributed by atoms with E-state index in [0.29, 0.717) is 21.7 Å². The molecule has 0 fully saturated rings. The van der Waals surface area contributed by atoms with E-state index in [2.05, 4.69) is 6.07 Å². The van der Waals surface area contributed by atoms with Gasteiger partial charge < -0.3 is 0 Å². The molecule has 1 heterocycles. The molecular formula is C24H19ClN2O. The Kier molecular flexibility index (Phi) is 4.84. The minimum atomic E-state index is -0.0867. The van der Waals surface area contributed by atoms with Crippen LogP contribution in [-0.4, -0.2) is 9.55 Å². The van der Waals surface area contributed by atoms with Crippen molar-refractivity contribution in [1.29, 1.82) is 0 Å². The van der Waals surface area contributed by atoms with Gasteiger partial charge in [-0.15, -0.1) is 0 Å². The Hall–Kier alpha value is -3.17. The Bertz CT molecular complexity index is 1270. The summed E-state index contributed by atoms with van der Waals surface area (Å²) in [5.74, 6) is 0.565. The van der Waals surface area contributed by atoms with Gasteiger partial charge in [0.1, 0.15) is 5.82 Å². The standard InChI is InChI=1S/C24H19ClN2O/c1-16-11-13-22(17(2)15-16)27-23(14-12-18-7-3-5-9-20(18)25)26-21-10-6-4-8-19(21)24(27)28/h3-15H,1-2H3/b14-12+. The number of nitrogens with zero attached hydrogens (tertiary/aromatic N) is 2. The number of halogens is 1. The number of aromatic nitrogens is 2. The van der Waals surface area contributed by atoms with Gasteiger partial charge in [-0.3, -0.25) is 9.36 Å². The first-order valence-corrected chi connectivity index (χ1v) is 9.44. The number of fused-ring (bicyclic) bond motifs is 1. The average Bonchev–Trinajstić information content (AvgIpc) is 2.68. The second kappa shape index (κ2) is 7.45. The smallest absolute Gasteiger partial charge is 0.266 e. The minimum absolute atomic E-state index is 0.0867. The fourth-order valence-electron chi connectivity index (χ4n) is 3.33. The first-order valence-electron chi connectivity index (χ1n) is 9.06. The molecule has 0 radical (unpaired) electrons.